The van der Waals surface area contributed by atoms with E-state index in [-0.39, 0.29) is 0 Å². The Kier molecular flexibility index (Phi) is 1.89. The largest absolute Gasteiger partial charge is 0.348 e. The maximum atomic E-state index is 4.16. The van der Waals surface area contributed by atoms with Crippen LogP contribution >= 0.6 is 0 Å². The predicted molar refractivity (Wildman–Crippen MR) is 47.7 cm³/mol. The number of aromatic nitrogens is 2. The minimum atomic E-state index is 0.382. The highest BCUT2D eigenvalue weighted by Gasteiger charge is 2.30. The molecule has 0 saturated heterocycles. The van der Waals surface area contributed by atoms with Gasteiger partial charge in [-0.3, -0.25) is 0 Å². The van der Waals surface area contributed by atoms with Crippen LogP contribution in [0.25, 0.3) is 0 Å². The van der Waals surface area contributed by atoms with Crippen LogP contribution < -0.4 is 5.32 Å². The van der Waals surface area contributed by atoms with Gasteiger partial charge in [0, 0.05) is 17.9 Å². The number of aromatic amines is 1. The Labute approximate surface area is 72.6 Å². The van der Waals surface area contributed by atoms with Crippen molar-refractivity contribution in [1.82, 2.24) is 15.3 Å². The Bertz CT molecular complexity index is 236. The summed E-state index contributed by atoms with van der Waals surface area (Å²) < 4.78 is 0. The number of hydrogen-bond donors (Lipinski definition) is 2. The van der Waals surface area contributed by atoms with Crippen LogP contribution in [0, 0.1) is 0 Å². The SMILES string of the molecule is CC1(NCc2ncc[nH]2)CCC1. The molecule has 0 radical (unpaired) electrons. The van der Waals surface area contributed by atoms with E-state index in [1.165, 1.54) is 19.3 Å². The molecule has 0 bridgehead atoms. The summed E-state index contributed by atoms with van der Waals surface area (Å²) in [6.07, 6.45) is 7.61. The van der Waals surface area contributed by atoms with E-state index in [0.717, 1.165) is 12.4 Å². The Morgan fingerprint density at radius 1 is 1.67 bits per heavy atom. The minimum absolute atomic E-state index is 0.382. The van der Waals surface area contributed by atoms with Crippen molar-refractivity contribution < 1.29 is 0 Å². The molecule has 0 atom stereocenters. The Hall–Kier alpha value is -0.830. The van der Waals surface area contributed by atoms with Crippen molar-refractivity contribution in [3.8, 4) is 0 Å². The van der Waals surface area contributed by atoms with E-state index in [9.17, 15) is 0 Å². The van der Waals surface area contributed by atoms with Crippen LogP contribution in [0.2, 0.25) is 0 Å². The van der Waals surface area contributed by atoms with Crippen LogP contribution in [0.3, 0.4) is 0 Å². The number of nitrogens with zero attached hydrogens (tertiary/aromatic N) is 1. The molecular formula is C9H15N3. The Morgan fingerprint density at radius 3 is 3.00 bits per heavy atom. The lowest BCUT2D eigenvalue weighted by Crippen LogP contribution is -2.47. The van der Waals surface area contributed by atoms with Crippen molar-refractivity contribution >= 4 is 0 Å². The average molecular weight is 165 g/mol. The molecule has 1 aliphatic carbocycles. The molecule has 2 rings (SSSR count). The molecule has 0 unspecified atom stereocenters. The summed E-state index contributed by atoms with van der Waals surface area (Å²) in [5.41, 5.74) is 0.382. The maximum Gasteiger partial charge on any atom is 0.120 e. The van der Waals surface area contributed by atoms with E-state index in [0.29, 0.717) is 5.54 Å². The number of hydrogen-bond acceptors (Lipinski definition) is 2. The van der Waals surface area contributed by atoms with E-state index in [1.807, 2.05) is 6.20 Å². The van der Waals surface area contributed by atoms with Gasteiger partial charge in [0.1, 0.15) is 5.82 Å². The summed E-state index contributed by atoms with van der Waals surface area (Å²) >= 11 is 0. The molecule has 0 aromatic carbocycles. The first-order valence-electron chi connectivity index (χ1n) is 4.52. The van der Waals surface area contributed by atoms with Crippen molar-refractivity contribution in [2.24, 2.45) is 0 Å². The zero-order chi connectivity index (χ0) is 8.44. The van der Waals surface area contributed by atoms with Gasteiger partial charge in [-0.2, -0.15) is 0 Å². The fourth-order valence-electron chi connectivity index (χ4n) is 1.58. The molecule has 2 N–H and O–H groups in total. The molecule has 0 spiro atoms. The minimum Gasteiger partial charge on any atom is -0.348 e. The third kappa shape index (κ3) is 1.50. The lowest BCUT2D eigenvalue weighted by atomic mass is 9.78. The topological polar surface area (TPSA) is 40.7 Å². The second-order valence-corrected chi connectivity index (χ2v) is 3.80. The van der Waals surface area contributed by atoms with Gasteiger partial charge >= 0.3 is 0 Å². The first-order valence-corrected chi connectivity index (χ1v) is 4.52. The van der Waals surface area contributed by atoms with Gasteiger partial charge in [-0.1, -0.05) is 0 Å². The third-order valence-corrected chi connectivity index (χ3v) is 2.69. The fraction of sp³-hybridized carbons (Fsp3) is 0.667. The molecular weight excluding hydrogens is 150 g/mol. The van der Waals surface area contributed by atoms with Crippen molar-refractivity contribution in [3.05, 3.63) is 18.2 Å². The highest BCUT2D eigenvalue weighted by Crippen LogP contribution is 2.30. The van der Waals surface area contributed by atoms with Gasteiger partial charge in [-0.15, -0.1) is 0 Å². The summed E-state index contributed by atoms with van der Waals surface area (Å²) in [4.78, 5) is 7.24. The first-order chi connectivity index (χ1) is 5.79. The van der Waals surface area contributed by atoms with Gasteiger partial charge < -0.3 is 10.3 Å². The smallest absolute Gasteiger partial charge is 0.120 e. The lowest BCUT2D eigenvalue weighted by Gasteiger charge is -2.39. The van der Waals surface area contributed by atoms with Gasteiger partial charge in [0.15, 0.2) is 0 Å². The number of nitrogens with one attached hydrogen (secondary N) is 2. The fourth-order valence-corrected chi connectivity index (χ4v) is 1.58. The second-order valence-electron chi connectivity index (χ2n) is 3.80. The lowest BCUT2D eigenvalue weighted by molar-refractivity contribution is 0.205. The summed E-state index contributed by atoms with van der Waals surface area (Å²) in [6.45, 7) is 3.14. The van der Waals surface area contributed by atoms with Crippen molar-refractivity contribution in [1.29, 1.82) is 0 Å². The van der Waals surface area contributed by atoms with Crippen molar-refractivity contribution in [2.75, 3.05) is 0 Å². The van der Waals surface area contributed by atoms with E-state index in [4.69, 9.17) is 0 Å². The zero-order valence-corrected chi connectivity index (χ0v) is 7.43. The predicted octanol–water partition coefficient (Wildman–Crippen LogP) is 1.44. The summed E-state index contributed by atoms with van der Waals surface area (Å²) in [5, 5.41) is 3.50. The molecule has 66 valence electrons. The van der Waals surface area contributed by atoms with Crippen LogP contribution in [-0.2, 0) is 6.54 Å². The highest BCUT2D eigenvalue weighted by atomic mass is 15.0. The monoisotopic (exact) mass is 165 g/mol. The van der Waals surface area contributed by atoms with E-state index >= 15 is 0 Å². The zero-order valence-electron chi connectivity index (χ0n) is 7.43. The molecule has 1 fully saturated rings. The molecule has 1 aliphatic rings. The van der Waals surface area contributed by atoms with Crippen LogP contribution in [0.4, 0.5) is 0 Å². The number of rotatable bonds is 3. The summed E-state index contributed by atoms with van der Waals surface area (Å²) in [7, 11) is 0. The Morgan fingerprint density at radius 2 is 2.50 bits per heavy atom. The molecule has 1 saturated carbocycles. The Balaban J connectivity index is 1.82. The van der Waals surface area contributed by atoms with Crippen LogP contribution in [0.15, 0.2) is 12.4 Å². The molecule has 0 amide bonds. The third-order valence-electron chi connectivity index (χ3n) is 2.69. The average Bonchev–Trinajstić information content (AvgIpc) is 2.49. The maximum absolute atomic E-state index is 4.16. The van der Waals surface area contributed by atoms with Gasteiger partial charge in [0.25, 0.3) is 0 Å². The van der Waals surface area contributed by atoms with E-state index in [2.05, 4.69) is 22.2 Å². The van der Waals surface area contributed by atoms with Gasteiger partial charge in [-0.25, -0.2) is 4.98 Å². The quantitative estimate of drug-likeness (QED) is 0.711. The van der Waals surface area contributed by atoms with Gasteiger partial charge in [0.05, 0.1) is 6.54 Å². The second kappa shape index (κ2) is 2.90. The summed E-state index contributed by atoms with van der Waals surface area (Å²) in [5.74, 6) is 1.03. The first kappa shape index (κ1) is 7.80. The van der Waals surface area contributed by atoms with Crippen molar-refractivity contribution in [2.45, 2.75) is 38.3 Å². The van der Waals surface area contributed by atoms with Gasteiger partial charge in [-0.05, 0) is 26.2 Å². The number of H-pyrrole nitrogens is 1. The van der Waals surface area contributed by atoms with Crippen LogP contribution in [-0.4, -0.2) is 15.5 Å². The molecule has 1 heterocycles. The van der Waals surface area contributed by atoms with Crippen LogP contribution in [0.1, 0.15) is 32.0 Å². The van der Waals surface area contributed by atoms with E-state index < -0.39 is 0 Å². The van der Waals surface area contributed by atoms with E-state index in [1.54, 1.807) is 6.20 Å². The molecule has 1 aromatic rings. The molecule has 0 aliphatic heterocycles. The highest BCUT2D eigenvalue weighted by molar-refractivity contribution is 4.94. The standard InChI is InChI=1S/C9H15N3/c1-9(3-2-4-9)12-7-8-10-5-6-11-8/h5-6,12H,2-4,7H2,1H3,(H,10,11). The molecule has 3 heteroatoms. The van der Waals surface area contributed by atoms with Crippen molar-refractivity contribution in [3.63, 3.8) is 0 Å². The normalized spacial score (nSPS) is 20.4. The molecule has 12 heavy (non-hydrogen) atoms. The van der Waals surface area contributed by atoms with Crippen LogP contribution in [0.5, 0.6) is 0 Å². The number of imidazole rings is 1. The molecule has 1 aromatic heterocycles. The summed E-state index contributed by atoms with van der Waals surface area (Å²) in [6, 6.07) is 0. The van der Waals surface area contributed by atoms with Gasteiger partial charge in [0.2, 0.25) is 0 Å². The molecule has 3 nitrogen and oxygen atoms in total.